The molecule has 1 amide bonds. The molecule has 0 saturated heterocycles. The Bertz CT molecular complexity index is 810. The zero-order valence-corrected chi connectivity index (χ0v) is 14.9. The predicted molar refractivity (Wildman–Crippen MR) is 94.6 cm³/mol. The first-order chi connectivity index (χ1) is 11.8. The van der Waals surface area contributed by atoms with Gasteiger partial charge in [-0.2, -0.15) is 0 Å². The Morgan fingerprint density at radius 2 is 1.84 bits per heavy atom. The molecule has 132 valence electrons. The Morgan fingerprint density at radius 3 is 2.52 bits per heavy atom. The van der Waals surface area contributed by atoms with Gasteiger partial charge in [-0.05, 0) is 31.2 Å². The molecular formula is C17H15Cl2NO5. The molecule has 0 fully saturated rings. The molecule has 0 aliphatic rings. The van der Waals surface area contributed by atoms with E-state index < -0.39 is 23.7 Å². The van der Waals surface area contributed by atoms with Crippen molar-refractivity contribution in [3.8, 4) is 11.5 Å². The number of methoxy groups -OCH3 is 1. The topological polar surface area (TPSA) is 84.9 Å². The van der Waals surface area contributed by atoms with E-state index in [2.05, 4.69) is 10.1 Å². The highest BCUT2D eigenvalue weighted by Crippen LogP contribution is 2.32. The van der Waals surface area contributed by atoms with Crippen LogP contribution in [0.1, 0.15) is 17.3 Å². The zero-order valence-electron chi connectivity index (χ0n) is 13.4. The fraction of sp³-hybridized carbons (Fsp3) is 0.176. The molecular weight excluding hydrogens is 369 g/mol. The number of hydrogen-bond donors (Lipinski definition) is 2. The van der Waals surface area contributed by atoms with Crippen molar-refractivity contribution in [2.75, 3.05) is 12.4 Å². The van der Waals surface area contributed by atoms with E-state index in [4.69, 9.17) is 27.9 Å². The molecule has 0 spiro atoms. The van der Waals surface area contributed by atoms with Crippen LogP contribution in [0.15, 0.2) is 36.4 Å². The molecule has 0 heterocycles. The Labute approximate surface area is 154 Å². The average molecular weight is 384 g/mol. The second-order valence-corrected chi connectivity index (χ2v) is 5.78. The number of amides is 1. The van der Waals surface area contributed by atoms with Gasteiger partial charge in [0.25, 0.3) is 5.91 Å². The lowest BCUT2D eigenvalue weighted by Gasteiger charge is -2.17. The first-order valence-corrected chi connectivity index (χ1v) is 7.92. The highest BCUT2D eigenvalue weighted by atomic mass is 35.5. The fourth-order valence-corrected chi connectivity index (χ4v) is 2.31. The van der Waals surface area contributed by atoms with Crippen molar-refractivity contribution in [3.05, 3.63) is 52.0 Å². The zero-order chi connectivity index (χ0) is 18.6. The maximum atomic E-state index is 12.3. The van der Waals surface area contributed by atoms with Crippen LogP contribution in [0.25, 0.3) is 0 Å². The van der Waals surface area contributed by atoms with E-state index in [9.17, 15) is 14.7 Å². The predicted octanol–water partition coefficient (Wildman–Crippen LogP) is 3.89. The van der Waals surface area contributed by atoms with Gasteiger partial charge in [-0.3, -0.25) is 4.79 Å². The highest BCUT2D eigenvalue weighted by molar-refractivity contribution is 6.42. The van der Waals surface area contributed by atoms with Crippen LogP contribution in [0.5, 0.6) is 11.5 Å². The quantitative estimate of drug-likeness (QED) is 0.604. The van der Waals surface area contributed by atoms with E-state index in [0.29, 0.717) is 5.02 Å². The number of hydrogen-bond acceptors (Lipinski definition) is 5. The summed E-state index contributed by atoms with van der Waals surface area (Å²) in [4.78, 5) is 23.8. The molecule has 2 rings (SSSR count). The van der Waals surface area contributed by atoms with Crippen LogP contribution in [-0.2, 0) is 9.53 Å². The first-order valence-electron chi connectivity index (χ1n) is 7.17. The molecule has 2 aromatic carbocycles. The number of rotatable bonds is 5. The molecule has 1 unspecified atom stereocenters. The normalized spacial score (nSPS) is 11.5. The number of para-hydroxylation sites is 1. The summed E-state index contributed by atoms with van der Waals surface area (Å²) >= 11 is 11.9. The number of nitrogens with one attached hydrogen (secondary N) is 1. The number of phenols is 1. The Hall–Kier alpha value is -2.44. The summed E-state index contributed by atoms with van der Waals surface area (Å²) in [5, 5.41) is 13.1. The van der Waals surface area contributed by atoms with Gasteiger partial charge in [0.05, 0.1) is 17.8 Å². The van der Waals surface area contributed by atoms with E-state index in [0.717, 1.165) is 0 Å². The van der Waals surface area contributed by atoms with Gasteiger partial charge in [0, 0.05) is 0 Å². The SMILES string of the molecule is COC(=O)c1cccc(NC(=O)C(C)Oc2cccc(Cl)c2Cl)c1O. The molecule has 1 atom stereocenters. The second-order valence-electron chi connectivity index (χ2n) is 4.99. The third kappa shape index (κ3) is 4.35. The van der Waals surface area contributed by atoms with E-state index in [1.807, 2.05) is 0 Å². The van der Waals surface area contributed by atoms with Gasteiger partial charge in [-0.15, -0.1) is 0 Å². The lowest BCUT2D eigenvalue weighted by molar-refractivity contribution is -0.122. The van der Waals surface area contributed by atoms with Gasteiger partial charge in [0.1, 0.15) is 16.3 Å². The smallest absolute Gasteiger partial charge is 0.341 e. The molecule has 2 aromatic rings. The number of carbonyl (C=O) groups is 2. The third-order valence-corrected chi connectivity index (χ3v) is 4.09. The van der Waals surface area contributed by atoms with Gasteiger partial charge in [-0.25, -0.2) is 4.79 Å². The summed E-state index contributed by atoms with van der Waals surface area (Å²) in [6, 6.07) is 9.13. The number of aromatic hydroxyl groups is 1. The minimum Gasteiger partial charge on any atom is -0.505 e. The molecule has 8 heteroatoms. The van der Waals surface area contributed by atoms with E-state index in [1.54, 1.807) is 18.2 Å². The van der Waals surface area contributed by atoms with Crippen LogP contribution in [0.2, 0.25) is 10.0 Å². The number of phenolic OH excluding ortho intramolecular Hbond substituents is 1. The highest BCUT2D eigenvalue weighted by Gasteiger charge is 2.20. The number of carbonyl (C=O) groups excluding carboxylic acids is 2. The van der Waals surface area contributed by atoms with Gasteiger partial charge in [0.15, 0.2) is 11.9 Å². The summed E-state index contributed by atoms with van der Waals surface area (Å²) in [5.74, 6) is -1.41. The van der Waals surface area contributed by atoms with Gasteiger partial charge >= 0.3 is 5.97 Å². The Kier molecular flexibility index (Phi) is 6.12. The molecule has 6 nitrogen and oxygen atoms in total. The van der Waals surface area contributed by atoms with Crippen molar-refractivity contribution in [1.29, 1.82) is 0 Å². The van der Waals surface area contributed by atoms with E-state index >= 15 is 0 Å². The molecule has 0 radical (unpaired) electrons. The number of anilines is 1. The molecule has 2 N–H and O–H groups in total. The van der Waals surface area contributed by atoms with Crippen LogP contribution < -0.4 is 10.1 Å². The molecule has 0 bridgehead atoms. The van der Waals surface area contributed by atoms with Crippen LogP contribution >= 0.6 is 23.2 Å². The van der Waals surface area contributed by atoms with Gasteiger partial charge in [0.2, 0.25) is 0 Å². The van der Waals surface area contributed by atoms with Crippen molar-refractivity contribution < 1.29 is 24.2 Å². The van der Waals surface area contributed by atoms with Crippen molar-refractivity contribution in [3.63, 3.8) is 0 Å². The van der Waals surface area contributed by atoms with E-state index in [1.165, 1.54) is 32.2 Å². The maximum Gasteiger partial charge on any atom is 0.341 e. The number of halogens is 2. The van der Waals surface area contributed by atoms with Crippen LogP contribution in [0, 0.1) is 0 Å². The molecule has 0 saturated carbocycles. The Balaban J connectivity index is 2.14. The Morgan fingerprint density at radius 1 is 1.16 bits per heavy atom. The van der Waals surface area contributed by atoms with Crippen molar-refractivity contribution >= 4 is 40.8 Å². The van der Waals surface area contributed by atoms with Crippen molar-refractivity contribution in [1.82, 2.24) is 0 Å². The summed E-state index contributed by atoms with van der Waals surface area (Å²) in [7, 11) is 1.19. The average Bonchev–Trinajstić information content (AvgIpc) is 2.60. The second kappa shape index (κ2) is 8.09. The van der Waals surface area contributed by atoms with Crippen molar-refractivity contribution in [2.24, 2.45) is 0 Å². The molecule has 0 aromatic heterocycles. The summed E-state index contributed by atoms with van der Waals surface area (Å²) in [6.45, 7) is 1.51. The largest absolute Gasteiger partial charge is 0.505 e. The molecule has 25 heavy (non-hydrogen) atoms. The van der Waals surface area contributed by atoms with Crippen LogP contribution in [-0.4, -0.2) is 30.2 Å². The van der Waals surface area contributed by atoms with Gasteiger partial charge in [-0.1, -0.05) is 35.3 Å². The standard InChI is InChI=1S/C17H15Cl2NO5/c1-9(25-13-8-4-6-11(18)14(13)19)16(22)20-12-7-3-5-10(15(12)21)17(23)24-2/h3-9,21H,1-2H3,(H,20,22). The summed E-state index contributed by atoms with van der Waals surface area (Å²) < 4.78 is 10.1. The summed E-state index contributed by atoms with van der Waals surface area (Å²) in [6.07, 6.45) is -0.933. The molecule has 0 aliphatic heterocycles. The number of esters is 1. The maximum absolute atomic E-state index is 12.3. The number of ether oxygens (including phenoxy) is 2. The number of benzene rings is 2. The third-order valence-electron chi connectivity index (χ3n) is 3.29. The minimum absolute atomic E-state index is 0.0561. The van der Waals surface area contributed by atoms with Crippen LogP contribution in [0.3, 0.4) is 0 Å². The fourth-order valence-electron chi connectivity index (χ4n) is 1.97. The lowest BCUT2D eigenvalue weighted by Crippen LogP contribution is -2.30. The van der Waals surface area contributed by atoms with E-state index in [-0.39, 0.29) is 22.0 Å². The lowest BCUT2D eigenvalue weighted by atomic mass is 10.1. The van der Waals surface area contributed by atoms with Crippen LogP contribution in [0.4, 0.5) is 5.69 Å². The monoisotopic (exact) mass is 383 g/mol. The minimum atomic E-state index is -0.933. The first kappa shape index (κ1) is 18.9. The van der Waals surface area contributed by atoms with Crippen molar-refractivity contribution in [2.45, 2.75) is 13.0 Å². The summed E-state index contributed by atoms with van der Waals surface area (Å²) in [5.41, 5.74) is -0.00713. The molecule has 0 aliphatic carbocycles. The van der Waals surface area contributed by atoms with Gasteiger partial charge < -0.3 is 19.9 Å².